The van der Waals surface area contributed by atoms with Crippen molar-refractivity contribution in [3.05, 3.63) is 68.9 Å². The van der Waals surface area contributed by atoms with Gasteiger partial charge in [0.2, 0.25) is 0 Å². The van der Waals surface area contributed by atoms with Crippen molar-refractivity contribution >= 4 is 39.4 Å². The lowest BCUT2D eigenvalue weighted by Crippen LogP contribution is -2.51. The van der Waals surface area contributed by atoms with E-state index in [1.165, 1.54) is 19.2 Å². The molecular formula is C20H19BrClFN2O3. The standard InChI is InChI=1S/C20H19BrClFN2O3/c1-28-20(27)18(13-2-5-15(22)6-3-13)24-8-10-25(11-9-24)19(26)16-12-14(21)4-7-17(16)23/h2-7,12,18H,8-11H2,1H3/t18-/m1/s1. The second-order valence-corrected chi connectivity index (χ2v) is 7.78. The summed E-state index contributed by atoms with van der Waals surface area (Å²) in [7, 11) is 1.35. The lowest BCUT2D eigenvalue weighted by molar-refractivity contribution is -0.148. The van der Waals surface area contributed by atoms with E-state index in [0.717, 1.165) is 5.56 Å². The van der Waals surface area contributed by atoms with Crippen molar-refractivity contribution in [3.8, 4) is 0 Å². The Kier molecular flexibility index (Phi) is 6.69. The summed E-state index contributed by atoms with van der Waals surface area (Å²) >= 11 is 9.21. The number of benzene rings is 2. The summed E-state index contributed by atoms with van der Waals surface area (Å²) in [6.07, 6.45) is 0. The third-order valence-electron chi connectivity index (χ3n) is 4.74. The van der Waals surface area contributed by atoms with Gasteiger partial charge >= 0.3 is 5.97 Å². The number of ether oxygens (including phenoxy) is 1. The van der Waals surface area contributed by atoms with Gasteiger partial charge in [-0.15, -0.1) is 0 Å². The summed E-state index contributed by atoms with van der Waals surface area (Å²) in [5, 5.41) is 0.582. The van der Waals surface area contributed by atoms with Crippen LogP contribution in [-0.4, -0.2) is 55.0 Å². The second kappa shape index (κ2) is 9.03. The SMILES string of the molecule is COC(=O)[C@@H](c1ccc(Cl)cc1)N1CCN(C(=O)c2cc(Br)ccc2F)CC1. The first-order valence-corrected chi connectivity index (χ1v) is 9.89. The molecule has 2 aromatic carbocycles. The highest BCUT2D eigenvalue weighted by molar-refractivity contribution is 9.10. The van der Waals surface area contributed by atoms with Gasteiger partial charge in [-0.2, -0.15) is 0 Å². The van der Waals surface area contributed by atoms with Crippen LogP contribution in [0.1, 0.15) is 22.0 Å². The van der Waals surface area contributed by atoms with E-state index in [1.54, 1.807) is 35.2 Å². The number of halogens is 3. The lowest BCUT2D eigenvalue weighted by atomic mass is 10.0. The number of hydrogen-bond donors (Lipinski definition) is 0. The van der Waals surface area contributed by atoms with Crippen LogP contribution in [0.15, 0.2) is 46.9 Å². The van der Waals surface area contributed by atoms with Crippen molar-refractivity contribution in [2.45, 2.75) is 6.04 Å². The zero-order valence-electron chi connectivity index (χ0n) is 15.2. The maximum Gasteiger partial charge on any atom is 0.327 e. The largest absolute Gasteiger partial charge is 0.468 e. The Morgan fingerprint density at radius 3 is 2.36 bits per heavy atom. The minimum atomic E-state index is -0.581. The van der Waals surface area contributed by atoms with Crippen molar-refractivity contribution in [2.24, 2.45) is 0 Å². The van der Waals surface area contributed by atoms with E-state index >= 15 is 0 Å². The summed E-state index contributed by atoms with van der Waals surface area (Å²) in [6.45, 7) is 1.69. The van der Waals surface area contributed by atoms with Gasteiger partial charge in [0.1, 0.15) is 11.9 Å². The molecule has 0 N–H and O–H groups in total. The van der Waals surface area contributed by atoms with Crippen molar-refractivity contribution in [2.75, 3.05) is 33.3 Å². The van der Waals surface area contributed by atoms with Crippen molar-refractivity contribution in [1.82, 2.24) is 9.80 Å². The van der Waals surface area contributed by atoms with Crippen LogP contribution < -0.4 is 0 Å². The normalized spacial score (nSPS) is 15.9. The molecular weight excluding hydrogens is 451 g/mol. The van der Waals surface area contributed by atoms with Crippen LogP contribution in [0.25, 0.3) is 0 Å². The zero-order valence-corrected chi connectivity index (χ0v) is 17.5. The minimum Gasteiger partial charge on any atom is -0.468 e. The Bertz CT molecular complexity index is 870. The third kappa shape index (κ3) is 4.54. The molecule has 1 aliphatic rings. The van der Waals surface area contributed by atoms with Crippen LogP contribution in [-0.2, 0) is 9.53 Å². The number of piperazine rings is 1. The van der Waals surface area contributed by atoms with E-state index in [-0.39, 0.29) is 17.4 Å². The quantitative estimate of drug-likeness (QED) is 0.637. The Hall–Kier alpha value is -1.96. The summed E-state index contributed by atoms with van der Waals surface area (Å²) in [6, 6.07) is 10.7. The van der Waals surface area contributed by atoms with Crippen LogP contribution in [0.3, 0.4) is 0 Å². The molecule has 0 radical (unpaired) electrons. The van der Waals surface area contributed by atoms with Gasteiger partial charge in [-0.1, -0.05) is 39.7 Å². The molecule has 0 aromatic heterocycles. The molecule has 0 spiro atoms. The molecule has 1 saturated heterocycles. The van der Waals surface area contributed by atoms with Gasteiger partial charge in [-0.05, 0) is 35.9 Å². The number of carbonyl (C=O) groups excluding carboxylic acids is 2. The van der Waals surface area contributed by atoms with Gasteiger partial charge < -0.3 is 9.64 Å². The fraction of sp³-hybridized carbons (Fsp3) is 0.300. The third-order valence-corrected chi connectivity index (χ3v) is 5.48. The first-order chi connectivity index (χ1) is 13.4. The van der Waals surface area contributed by atoms with Crippen LogP contribution >= 0.6 is 27.5 Å². The summed E-state index contributed by atoms with van der Waals surface area (Å²) in [4.78, 5) is 28.6. The Morgan fingerprint density at radius 1 is 1.11 bits per heavy atom. The van der Waals surface area contributed by atoms with Gasteiger partial charge in [0, 0.05) is 35.7 Å². The van der Waals surface area contributed by atoms with Gasteiger partial charge in [-0.25, -0.2) is 9.18 Å². The van der Waals surface area contributed by atoms with Crippen LogP contribution in [0.2, 0.25) is 5.02 Å². The summed E-state index contributed by atoms with van der Waals surface area (Å²) in [5.41, 5.74) is 0.805. The predicted octanol–water partition coefficient (Wildman–Crippen LogP) is 3.91. The first kappa shape index (κ1) is 20.8. The van der Waals surface area contributed by atoms with E-state index in [9.17, 15) is 14.0 Å². The van der Waals surface area contributed by atoms with Gasteiger partial charge in [-0.3, -0.25) is 9.69 Å². The smallest absolute Gasteiger partial charge is 0.327 e. The molecule has 148 valence electrons. The highest BCUT2D eigenvalue weighted by Crippen LogP contribution is 2.26. The number of carbonyl (C=O) groups is 2. The summed E-state index contributed by atoms with van der Waals surface area (Å²) in [5.74, 6) is -1.29. The number of rotatable bonds is 4. The Balaban J connectivity index is 1.73. The van der Waals surface area contributed by atoms with Gasteiger partial charge in [0.05, 0.1) is 12.7 Å². The van der Waals surface area contributed by atoms with Crippen LogP contribution in [0.4, 0.5) is 4.39 Å². The molecule has 1 amide bonds. The number of hydrogen-bond acceptors (Lipinski definition) is 4. The second-order valence-electron chi connectivity index (χ2n) is 6.43. The average Bonchev–Trinajstić information content (AvgIpc) is 2.71. The van der Waals surface area contributed by atoms with Crippen molar-refractivity contribution in [1.29, 1.82) is 0 Å². The molecule has 5 nitrogen and oxygen atoms in total. The molecule has 1 fully saturated rings. The molecule has 28 heavy (non-hydrogen) atoms. The van der Waals surface area contributed by atoms with E-state index in [2.05, 4.69) is 15.9 Å². The fourth-order valence-corrected chi connectivity index (χ4v) is 3.75. The Morgan fingerprint density at radius 2 is 1.75 bits per heavy atom. The number of methoxy groups -OCH3 is 1. The molecule has 2 aromatic rings. The predicted molar refractivity (Wildman–Crippen MR) is 108 cm³/mol. The number of esters is 1. The molecule has 1 atom stereocenters. The monoisotopic (exact) mass is 468 g/mol. The van der Waals surface area contributed by atoms with Crippen LogP contribution in [0, 0.1) is 5.82 Å². The molecule has 0 saturated carbocycles. The highest BCUT2D eigenvalue weighted by atomic mass is 79.9. The minimum absolute atomic E-state index is 0.0324. The number of amides is 1. The molecule has 1 aliphatic heterocycles. The summed E-state index contributed by atoms with van der Waals surface area (Å²) < 4.78 is 19.7. The first-order valence-electron chi connectivity index (χ1n) is 8.72. The molecule has 0 bridgehead atoms. The van der Waals surface area contributed by atoms with E-state index in [0.29, 0.717) is 35.7 Å². The van der Waals surface area contributed by atoms with E-state index in [4.69, 9.17) is 16.3 Å². The molecule has 0 unspecified atom stereocenters. The lowest BCUT2D eigenvalue weighted by Gasteiger charge is -2.38. The van der Waals surface area contributed by atoms with Crippen LogP contribution in [0.5, 0.6) is 0 Å². The maximum atomic E-state index is 14.0. The average molecular weight is 470 g/mol. The van der Waals surface area contributed by atoms with Crippen molar-refractivity contribution < 1.29 is 18.7 Å². The van der Waals surface area contributed by atoms with Gasteiger partial charge in [0.15, 0.2) is 0 Å². The number of nitrogens with zero attached hydrogens (tertiary/aromatic N) is 2. The maximum absolute atomic E-state index is 14.0. The van der Waals surface area contributed by atoms with E-state index < -0.39 is 11.9 Å². The molecule has 0 aliphatic carbocycles. The highest BCUT2D eigenvalue weighted by Gasteiger charge is 2.33. The van der Waals surface area contributed by atoms with Crippen molar-refractivity contribution in [3.63, 3.8) is 0 Å². The van der Waals surface area contributed by atoms with E-state index in [1.807, 2.05) is 4.90 Å². The van der Waals surface area contributed by atoms with Gasteiger partial charge in [0.25, 0.3) is 5.91 Å². The molecule has 1 heterocycles. The Labute approximate surface area is 176 Å². The zero-order chi connectivity index (χ0) is 20.3. The topological polar surface area (TPSA) is 49.9 Å². The molecule has 3 rings (SSSR count). The molecule has 8 heteroatoms. The fourth-order valence-electron chi connectivity index (χ4n) is 3.27.